The summed E-state index contributed by atoms with van der Waals surface area (Å²) in [6.07, 6.45) is 7.79. The number of morpholine rings is 1. The summed E-state index contributed by atoms with van der Waals surface area (Å²) in [6.45, 7) is 4.21. The molecule has 2 saturated heterocycles. The molecule has 0 bridgehead atoms. The summed E-state index contributed by atoms with van der Waals surface area (Å²) in [5.41, 5.74) is 1.42. The molecular formula is C20H28N2O2. The van der Waals surface area contributed by atoms with Crippen molar-refractivity contribution in [2.24, 2.45) is 0 Å². The van der Waals surface area contributed by atoms with Crippen LogP contribution in [-0.4, -0.2) is 48.9 Å². The number of hydrogen-bond donors (Lipinski definition) is 1. The number of fused-ring (bicyclic) bond motifs is 2. The zero-order chi connectivity index (χ0) is 16.0. The van der Waals surface area contributed by atoms with Crippen molar-refractivity contribution >= 4 is 0 Å². The van der Waals surface area contributed by atoms with Gasteiger partial charge in [0.05, 0.1) is 12.7 Å². The van der Waals surface area contributed by atoms with Gasteiger partial charge in [0.1, 0.15) is 11.4 Å². The fraction of sp³-hybridized carbons (Fsp3) is 0.700. The summed E-state index contributed by atoms with van der Waals surface area (Å²) in [4.78, 5) is 2.63. The van der Waals surface area contributed by atoms with Crippen LogP contribution in [0.1, 0.15) is 50.1 Å². The van der Waals surface area contributed by atoms with Crippen molar-refractivity contribution in [3.63, 3.8) is 0 Å². The molecule has 3 fully saturated rings. The second-order valence-corrected chi connectivity index (χ2v) is 8.09. The van der Waals surface area contributed by atoms with Gasteiger partial charge >= 0.3 is 0 Å². The van der Waals surface area contributed by atoms with Gasteiger partial charge in [-0.1, -0.05) is 18.2 Å². The van der Waals surface area contributed by atoms with E-state index in [4.69, 9.17) is 9.47 Å². The Morgan fingerprint density at radius 3 is 3.00 bits per heavy atom. The van der Waals surface area contributed by atoms with E-state index in [1.807, 2.05) is 0 Å². The Kier molecular flexibility index (Phi) is 3.80. The highest BCUT2D eigenvalue weighted by molar-refractivity contribution is 5.39. The number of nitrogens with zero attached hydrogens (tertiary/aromatic N) is 1. The molecular weight excluding hydrogens is 300 g/mol. The summed E-state index contributed by atoms with van der Waals surface area (Å²) < 4.78 is 12.5. The summed E-state index contributed by atoms with van der Waals surface area (Å²) in [5, 5.41) is 3.82. The van der Waals surface area contributed by atoms with Crippen molar-refractivity contribution in [1.82, 2.24) is 10.2 Å². The normalized spacial score (nSPS) is 34.2. The molecule has 3 atom stereocenters. The van der Waals surface area contributed by atoms with Crippen LogP contribution < -0.4 is 10.1 Å². The smallest absolute Gasteiger partial charge is 0.124 e. The van der Waals surface area contributed by atoms with Gasteiger partial charge in [0.25, 0.3) is 0 Å². The lowest BCUT2D eigenvalue weighted by Crippen LogP contribution is -2.52. The van der Waals surface area contributed by atoms with Gasteiger partial charge in [-0.25, -0.2) is 0 Å². The SMILES string of the molecule is c1ccc2c(c1)OC1(CCC1)C[C@@H]2NC[C@H]1CN2CCC[C@H]2CO1. The average molecular weight is 328 g/mol. The fourth-order valence-corrected chi connectivity index (χ4v) is 4.96. The van der Waals surface area contributed by atoms with Crippen LogP contribution in [0.25, 0.3) is 0 Å². The van der Waals surface area contributed by atoms with Crippen molar-refractivity contribution < 1.29 is 9.47 Å². The van der Waals surface area contributed by atoms with Crippen LogP contribution in [0, 0.1) is 0 Å². The van der Waals surface area contributed by atoms with Crippen LogP contribution in [-0.2, 0) is 4.74 Å². The van der Waals surface area contributed by atoms with Gasteiger partial charge in [-0.05, 0) is 44.7 Å². The molecule has 1 saturated carbocycles. The van der Waals surface area contributed by atoms with Gasteiger partial charge in [-0.3, -0.25) is 4.90 Å². The van der Waals surface area contributed by atoms with Crippen molar-refractivity contribution in [1.29, 1.82) is 0 Å². The zero-order valence-electron chi connectivity index (χ0n) is 14.4. The van der Waals surface area contributed by atoms with Crippen LogP contribution in [0.5, 0.6) is 5.75 Å². The van der Waals surface area contributed by atoms with Crippen molar-refractivity contribution in [2.45, 2.75) is 62.3 Å². The highest BCUT2D eigenvalue weighted by atomic mass is 16.5. The van der Waals surface area contributed by atoms with Crippen LogP contribution in [0.3, 0.4) is 0 Å². The molecule has 1 spiro atoms. The number of nitrogens with one attached hydrogen (secondary N) is 1. The molecule has 0 radical (unpaired) electrons. The highest BCUT2D eigenvalue weighted by Crippen LogP contribution is 2.48. The van der Waals surface area contributed by atoms with Gasteiger partial charge in [0, 0.05) is 37.2 Å². The molecule has 0 amide bonds. The first-order chi connectivity index (χ1) is 11.8. The number of ether oxygens (including phenoxy) is 2. The molecule has 5 rings (SSSR count). The maximum Gasteiger partial charge on any atom is 0.124 e. The van der Waals surface area contributed by atoms with Gasteiger partial charge in [-0.2, -0.15) is 0 Å². The number of para-hydroxylation sites is 1. The van der Waals surface area contributed by atoms with Gasteiger partial charge in [0.2, 0.25) is 0 Å². The predicted octanol–water partition coefficient (Wildman–Crippen LogP) is 2.89. The monoisotopic (exact) mass is 328 g/mol. The molecule has 4 heteroatoms. The average Bonchev–Trinajstić information content (AvgIpc) is 3.05. The Morgan fingerprint density at radius 2 is 2.12 bits per heavy atom. The van der Waals surface area contributed by atoms with E-state index in [-0.39, 0.29) is 5.60 Å². The van der Waals surface area contributed by atoms with Gasteiger partial charge in [-0.15, -0.1) is 0 Å². The first-order valence-corrected chi connectivity index (χ1v) is 9.68. The Bertz CT molecular complexity index is 601. The lowest BCUT2D eigenvalue weighted by molar-refractivity contribution is -0.0561. The molecule has 24 heavy (non-hydrogen) atoms. The molecule has 0 aromatic heterocycles. The van der Waals surface area contributed by atoms with E-state index in [0.717, 1.165) is 31.9 Å². The maximum atomic E-state index is 6.35. The molecule has 130 valence electrons. The molecule has 1 aromatic rings. The molecule has 3 aliphatic heterocycles. The first kappa shape index (κ1) is 15.2. The van der Waals surface area contributed by atoms with Gasteiger partial charge < -0.3 is 14.8 Å². The largest absolute Gasteiger partial charge is 0.487 e. The third-order valence-electron chi connectivity index (χ3n) is 6.52. The summed E-state index contributed by atoms with van der Waals surface area (Å²) in [7, 11) is 0. The van der Waals surface area contributed by atoms with E-state index in [0.29, 0.717) is 18.2 Å². The standard InChI is InChI=1S/C20H28N2O2/c1-2-7-19-17(6-1)18(11-20(24-19)8-4-9-20)21-12-16-13-22-10-3-5-15(22)14-23-16/h1-2,6-7,15-16,18,21H,3-5,8-14H2/t15-,16-,18-/m0/s1. The molecule has 3 heterocycles. The number of benzene rings is 1. The van der Waals surface area contributed by atoms with E-state index in [1.54, 1.807) is 0 Å². The first-order valence-electron chi connectivity index (χ1n) is 9.68. The third kappa shape index (κ3) is 2.65. The van der Waals surface area contributed by atoms with Crippen LogP contribution in [0.4, 0.5) is 0 Å². The summed E-state index contributed by atoms with van der Waals surface area (Å²) >= 11 is 0. The van der Waals surface area contributed by atoms with E-state index in [2.05, 4.69) is 34.5 Å². The van der Waals surface area contributed by atoms with Crippen molar-refractivity contribution in [3.05, 3.63) is 29.8 Å². The van der Waals surface area contributed by atoms with Gasteiger partial charge in [0.15, 0.2) is 0 Å². The summed E-state index contributed by atoms with van der Waals surface area (Å²) in [5.74, 6) is 1.09. The predicted molar refractivity (Wildman–Crippen MR) is 93.3 cm³/mol. The zero-order valence-corrected chi connectivity index (χ0v) is 14.4. The minimum Gasteiger partial charge on any atom is -0.487 e. The Hall–Kier alpha value is -1.10. The van der Waals surface area contributed by atoms with E-state index in [9.17, 15) is 0 Å². The Labute approximate surface area is 144 Å². The van der Waals surface area contributed by atoms with Crippen molar-refractivity contribution in [2.75, 3.05) is 26.2 Å². The Morgan fingerprint density at radius 1 is 1.21 bits per heavy atom. The van der Waals surface area contributed by atoms with Crippen LogP contribution in [0.15, 0.2) is 24.3 Å². The number of hydrogen-bond acceptors (Lipinski definition) is 4. The second-order valence-electron chi connectivity index (χ2n) is 8.09. The van der Waals surface area contributed by atoms with E-state index < -0.39 is 0 Å². The third-order valence-corrected chi connectivity index (χ3v) is 6.52. The lowest BCUT2D eigenvalue weighted by Gasteiger charge is -2.48. The summed E-state index contributed by atoms with van der Waals surface area (Å²) in [6, 6.07) is 9.65. The molecule has 0 unspecified atom stereocenters. The van der Waals surface area contributed by atoms with Crippen LogP contribution >= 0.6 is 0 Å². The molecule has 1 aliphatic carbocycles. The van der Waals surface area contributed by atoms with E-state index in [1.165, 1.54) is 44.2 Å². The minimum atomic E-state index is 0.0967. The van der Waals surface area contributed by atoms with Crippen molar-refractivity contribution in [3.8, 4) is 5.75 Å². The molecule has 1 N–H and O–H groups in total. The molecule has 4 nitrogen and oxygen atoms in total. The second kappa shape index (κ2) is 6.01. The lowest BCUT2D eigenvalue weighted by atomic mass is 9.73. The topological polar surface area (TPSA) is 33.7 Å². The van der Waals surface area contributed by atoms with E-state index >= 15 is 0 Å². The van der Waals surface area contributed by atoms with Crippen LogP contribution in [0.2, 0.25) is 0 Å². The quantitative estimate of drug-likeness (QED) is 0.925. The minimum absolute atomic E-state index is 0.0967. The number of rotatable bonds is 3. The Balaban J connectivity index is 1.26. The highest BCUT2D eigenvalue weighted by Gasteiger charge is 2.45. The fourth-order valence-electron chi connectivity index (χ4n) is 4.96. The molecule has 1 aromatic carbocycles. The maximum absolute atomic E-state index is 6.35. The molecule has 4 aliphatic rings.